The van der Waals surface area contributed by atoms with Crippen molar-refractivity contribution >= 4 is 17.6 Å². The Labute approximate surface area is 181 Å². The van der Waals surface area contributed by atoms with Crippen LogP contribution in [0.1, 0.15) is 11.1 Å². The Bertz CT molecular complexity index is 1270. The van der Waals surface area contributed by atoms with Gasteiger partial charge in [0.1, 0.15) is 0 Å². The van der Waals surface area contributed by atoms with Gasteiger partial charge in [-0.05, 0) is 28.8 Å². The maximum atomic E-state index is 13.0. The number of aromatic nitrogens is 1. The maximum Gasteiger partial charge on any atom is 0.416 e. The number of benzene rings is 3. The standard InChI is InChI=1S/C24H18F3N3S/c1-28-23-30(29-15-17-6-5-9-21(14-17)24(25,26)27)22(16-31-23)20-12-10-19(11-13-20)18-7-3-2-4-8-18/h2-16H,1H3/b28-23?,29-15-. The number of hydrogen-bond donors (Lipinski definition) is 0. The first-order valence-corrected chi connectivity index (χ1v) is 10.3. The van der Waals surface area contributed by atoms with Crippen molar-refractivity contribution in [2.24, 2.45) is 10.1 Å². The van der Waals surface area contributed by atoms with E-state index in [-0.39, 0.29) is 0 Å². The summed E-state index contributed by atoms with van der Waals surface area (Å²) in [5.41, 5.74) is 3.63. The Balaban J connectivity index is 1.68. The number of rotatable bonds is 4. The van der Waals surface area contributed by atoms with Gasteiger partial charge in [-0.3, -0.25) is 4.99 Å². The van der Waals surface area contributed by atoms with Gasteiger partial charge in [0.25, 0.3) is 0 Å². The molecule has 156 valence electrons. The second-order valence-electron chi connectivity index (χ2n) is 6.75. The van der Waals surface area contributed by atoms with Crippen LogP contribution < -0.4 is 4.80 Å². The number of nitrogens with zero attached hydrogens (tertiary/aromatic N) is 3. The molecule has 0 radical (unpaired) electrons. The molecule has 0 unspecified atom stereocenters. The number of halogens is 3. The minimum atomic E-state index is -4.39. The van der Waals surface area contributed by atoms with E-state index in [1.165, 1.54) is 23.6 Å². The predicted octanol–water partition coefficient (Wildman–Crippen LogP) is 6.32. The molecular weight excluding hydrogens is 419 g/mol. The third kappa shape index (κ3) is 4.67. The minimum absolute atomic E-state index is 0.362. The smallest absolute Gasteiger partial charge is 0.261 e. The molecular formula is C24H18F3N3S. The summed E-state index contributed by atoms with van der Waals surface area (Å²) < 4.78 is 40.6. The van der Waals surface area contributed by atoms with Gasteiger partial charge < -0.3 is 0 Å². The summed E-state index contributed by atoms with van der Waals surface area (Å²) in [6.45, 7) is 0. The highest BCUT2D eigenvalue weighted by molar-refractivity contribution is 7.07. The average Bonchev–Trinajstić information content (AvgIpc) is 3.21. The largest absolute Gasteiger partial charge is 0.416 e. The Morgan fingerprint density at radius 3 is 2.19 bits per heavy atom. The van der Waals surface area contributed by atoms with Gasteiger partial charge in [-0.1, -0.05) is 66.7 Å². The second-order valence-corrected chi connectivity index (χ2v) is 7.59. The molecule has 0 bridgehead atoms. The summed E-state index contributed by atoms with van der Waals surface area (Å²) in [6.07, 6.45) is -2.98. The van der Waals surface area contributed by atoms with E-state index in [0.717, 1.165) is 34.5 Å². The Hall–Kier alpha value is -3.45. The van der Waals surface area contributed by atoms with Crippen LogP contribution in [0.3, 0.4) is 0 Å². The fraction of sp³-hybridized carbons (Fsp3) is 0.0833. The summed E-state index contributed by atoms with van der Waals surface area (Å²) in [5, 5.41) is 6.36. The van der Waals surface area contributed by atoms with Crippen LogP contribution in [0.4, 0.5) is 13.2 Å². The maximum absolute atomic E-state index is 13.0. The monoisotopic (exact) mass is 437 g/mol. The van der Waals surface area contributed by atoms with E-state index in [1.54, 1.807) is 17.8 Å². The number of alkyl halides is 3. The zero-order chi connectivity index (χ0) is 21.8. The highest BCUT2D eigenvalue weighted by atomic mass is 32.1. The van der Waals surface area contributed by atoms with Gasteiger partial charge in [0.2, 0.25) is 4.80 Å². The first-order chi connectivity index (χ1) is 15.0. The van der Waals surface area contributed by atoms with E-state index in [1.807, 2.05) is 60.0 Å². The molecule has 0 spiro atoms. The first kappa shape index (κ1) is 20.8. The van der Waals surface area contributed by atoms with Crippen molar-refractivity contribution in [3.8, 4) is 22.4 Å². The van der Waals surface area contributed by atoms with E-state index >= 15 is 0 Å². The van der Waals surface area contributed by atoms with Crippen molar-refractivity contribution in [2.75, 3.05) is 7.05 Å². The zero-order valence-electron chi connectivity index (χ0n) is 16.5. The summed E-state index contributed by atoms with van der Waals surface area (Å²) in [4.78, 5) is 4.88. The average molecular weight is 437 g/mol. The Morgan fingerprint density at radius 1 is 0.839 bits per heavy atom. The van der Waals surface area contributed by atoms with Crippen molar-refractivity contribution in [3.63, 3.8) is 0 Å². The molecule has 0 fully saturated rings. The lowest BCUT2D eigenvalue weighted by Gasteiger charge is -2.07. The molecule has 0 saturated carbocycles. The van der Waals surface area contributed by atoms with Gasteiger partial charge in [0.05, 0.1) is 17.5 Å². The van der Waals surface area contributed by atoms with Crippen LogP contribution in [0.5, 0.6) is 0 Å². The quantitative estimate of drug-likeness (QED) is 0.335. The third-order valence-electron chi connectivity index (χ3n) is 4.70. The SMILES string of the molecule is CN=c1scc(-c2ccc(-c3ccccc3)cc2)n1/N=C\c1cccc(C(F)(F)F)c1. The Morgan fingerprint density at radius 2 is 1.52 bits per heavy atom. The van der Waals surface area contributed by atoms with Crippen molar-refractivity contribution in [1.82, 2.24) is 4.68 Å². The summed E-state index contributed by atoms with van der Waals surface area (Å²) in [5.74, 6) is 0. The molecule has 1 heterocycles. The second kappa shape index (κ2) is 8.73. The molecule has 0 atom stereocenters. The third-order valence-corrected chi connectivity index (χ3v) is 5.61. The normalized spacial score (nSPS) is 12.6. The van der Waals surface area contributed by atoms with Crippen LogP contribution in [0, 0.1) is 0 Å². The van der Waals surface area contributed by atoms with Crippen LogP contribution in [-0.2, 0) is 6.18 Å². The van der Waals surface area contributed by atoms with Gasteiger partial charge >= 0.3 is 6.18 Å². The van der Waals surface area contributed by atoms with Crippen molar-refractivity contribution in [2.45, 2.75) is 6.18 Å². The molecule has 3 nitrogen and oxygen atoms in total. The van der Waals surface area contributed by atoms with Crippen molar-refractivity contribution in [3.05, 3.63) is 100 Å². The van der Waals surface area contributed by atoms with Gasteiger partial charge in [-0.2, -0.15) is 18.3 Å². The highest BCUT2D eigenvalue weighted by Gasteiger charge is 2.30. The summed E-state index contributed by atoms with van der Waals surface area (Å²) in [6, 6.07) is 23.2. The molecule has 0 aliphatic heterocycles. The molecule has 0 aliphatic rings. The molecule has 0 N–H and O–H groups in total. The number of thiazole rings is 1. The molecule has 4 aromatic rings. The summed E-state index contributed by atoms with van der Waals surface area (Å²) in [7, 11) is 1.66. The van der Waals surface area contributed by atoms with Crippen LogP contribution >= 0.6 is 11.3 Å². The van der Waals surface area contributed by atoms with Gasteiger partial charge in [-0.15, -0.1) is 11.3 Å². The topological polar surface area (TPSA) is 29.6 Å². The highest BCUT2D eigenvalue weighted by Crippen LogP contribution is 2.29. The van der Waals surface area contributed by atoms with Crippen LogP contribution in [0.15, 0.2) is 94.3 Å². The van der Waals surface area contributed by atoms with Crippen LogP contribution in [0.2, 0.25) is 0 Å². The van der Waals surface area contributed by atoms with E-state index in [4.69, 9.17) is 0 Å². The molecule has 0 aliphatic carbocycles. The summed E-state index contributed by atoms with van der Waals surface area (Å²) >= 11 is 1.42. The first-order valence-electron chi connectivity index (χ1n) is 9.46. The molecule has 4 rings (SSSR count). The zero-order valence-corrected chi connectivity index (χ0v) is 17.4. The lowest BCUT2D eigenvalue weighted by atomic mass is 10.0. The fourth-order valence-corrected chi connectivity index (χ4v) is 3.95. The minimum Gasteiger partial charge on any atom is -0.261 e. The van der Waals surface area contributed by atoms with Crippen LogP contribution in [-0.4, -0.2) is 17.9 Å². The van der Waals surface area contributed by atoms with Crippen molar-refractivity contribution < 1.29 is 13.2 Å². The molecule has 7 heteroatoms. The molecule has 1 aromatic heterocycles. The van der Waals surface area contributed by atoms with Gasteiger partial charge in [0.15, 0.2) is 0 Å². The van der Waals surface area contributed by atoms with E-state index in [9.17, 15) is 13.2 Å². The van der Waals surface area contributed by atoms with Gasteiger partial charge in [-0.25, -0.2) is 4.68 Å². The molecule has 31 heavy (non-hydrogen) atoms. The lowest BCUT2D eigenvalue weighted by molar-refractivity contribution is -0.137. The van der Waals surface area contributed by atoms with Gasteiger partial charge in [0, 0.05) is 18.0 Å². The van der Waals surface area contributed by atoms with Crippen molar-refractivity contribution in [1.29, 1.82) is 0 Å². The molecule has 0 amide bonds. The van der Waals surface area contributed by atoms with E-state index in [2.05, 4.69) is 10.1 Å². The van der Waals surface area contributed by atoms with Crippen LogP contribution in [0.25, 0.3) is 22.4 Å². The fourth-order valence-electron chi connectivity index (χ4n) is 3.14. The Kier molecular flexibility index (Phi) is 5.86. The molecule has 3 aromatic carbocycles. The van der Waals surface area contributed by atoms with E-state index < -0.39 is 11.7 Å². The number of hydrogen-bond acceptors (Lipinski definition) is 3. The predicted molar refractivity (Wildman–Crippen MR) is 119 cm³/mol. The lowest BCUT2D eigenvalue weighted by Crippen LogP contribution is -2.11. The molecule has 0 saturated heterocycles. The van der Waals surface area contributed by atoms with E-state index in [0.29, 0.717) is 10.4 Å².